The van der Waals surface area contributed by atoms with Crippen LogP contribution in [0.25, 0.3) is 0 Å². The van der Waals surface area contributed by atoms with Crippen molar-refractivity contribution >= 4 is 6.09 Å². The van der Waals surface area contributed by atoms with Crippen molar-refractivity contribution in [2.24, 2.45) is 0 Å². The van der Waals surface area contributed by atoms with Gasteiger partial charge in [-0.25, -0.2) is 4.79 Å². The van der Waals surface area contributed by atoms with Crippen LogP contribution < -0.4 is 9.47 Å². The molecule has 0 spiro atoms. The van der Waals surface area contributed by atoms with E-state index < -0.39 is 0 Å². The molecule has 0 atom stereocenters. The van der Waals surface area contributed by atoms with E-state index in [1.807, 2.05) is 12.1 Å². The molecule has 1 fully saturated rings. The highest BCUT2D eigenvalue weighted by Gasteiger charge is 2.10. The van der Waals surface area contributed by atoms with Crippen molar-refractivity contribution in [3.63, 3.8) is 0 Å². The number of nitrogens with zero attached hydrogens (tertiary/aromatic N) is 2. The van der Waals surface area contributed by atoms with Crippen molar-refractivity contribution in [1.29, 1.82) is 0 Å². The molecule has 1 aliphatic heterocycles. The molecule has 1 heterocycles. The second kappa shape index (κ2) is 7.88. The Hall–Kier alpha value is -1.75. The monoisotopic (exact) mass is 292 g/mol. The van der Waals surface area contributed by atoms with E-state index in [9.17, 15) is 4.79 Å². The number of amides is 1. The summed E-state index contributed by atoms with van der Waals surface area (Å²) in [5, 5.41) is 0. The maximum absolute atomic E-state index is 11.4. The largest absolute Gasteiger partial charge is 0.492 e. The molecule has 0 unspecified atom stereocenters. The van der Waals surface area contributed by atoms with Gasteiger partial charge >= 0.3 is 6.09 Å². The Balaban J connectivity index is 1.73. The lowest BCUT2D eigenvalue weighted by Gasteiger charge is -2.26. The van der Waals surface area contributed by atoms with Crippen molar-refractivity contribution < 1.29 is 14.3 Å². The van der Waals surface area contributed by atoms with E-state index in [0.29, 0.717) is 12.4 Å². The van der Waals surface area contributed by atoms with Crippen LogP contribution >= 0.6 is 0 Å². The minimum absolute atomic E-state index is 0.381. The number of rotatable bonds is 5. The van der Waals surface area contributed by atoms with Gasteiger partial charge in [0.15, 0.2) is 0 Å². The average Bonchev–Trinajstić information content (AvgIpc) is 2.50. The minimum atomic E-state index is -0.381. The molecular formula is C16H24N2O3. The summed E-state index contributed by atoms with van der Waals surface area (Å²) >= 11 is 0. The van der Waals surface area contributed by atoms with Crippen LogP contribution in [-0.2, 0) is 0 Å². The van der Waals surface area contributed by atoms with Crippen LogP contribution in [0.4, 0.5) is 4.79 Å². The Labute approximate surface area is 126 Å². The van der Waals surface area contributed by atoms with Crippen LogP contribution in [0.2, 0.25) is 0 Å². The molecule has 0 N–H and O–H groups in total. The number of hydrogen-bond donors (Lipinski definition) is 0. The first kappa shape index (κ1) is 15.6. The van der Waals surface area contributed by atoms with E-state index >= 15 is 0 Å². The average molecular weight is 292 g/mol. The first-order chi connectivity index (χ1) is 10.1. The third-order valence-corrected chi connectivity index (χ3v) is 3.52. The molecule has 5 nitrogen and oxygen atoms in total. The molecule has 116 valence electrons. The number of benzene rings is 1. The molecule has 0 radical (unpaired) electrons. The highest BCUT2D eigenvalue weighted by Crippen LogP contribution is 2.18. The van der Waals surface area contributed by atoms with Gasteiger partial charge in [-0.1, -0.05) is 6.42 Å². The van der Waals surface area contributed by atoms with Crippen molar-refractivity contribution in [2.45, 2.75) is 19.3 Å². The Morgan fingerprint density at radius 2 is 1.71 bits per heavy atom. The zero-order valence-corrected chi connectivity index (χ0v) is 12.9. The molecule has 0 aromatic heterocycles. The van der Waals surface area contributed by atoms with Crippen molar-refractivity contribution in [1.82, 2.24) is 9.80 Å². The Bertz CT molecular complexity index is 439. The van der Waals surface area contributed by atoms with Gasteiger partial charge in [0.25, 0.3) is 0 Å². The van der Waals surface area contributed by atoms with Crippen molar-refractivity contribution in [3.05, 3.63) is 24.3 Å². The van der Waals surface area contributed by atoms with Gasteiger partial charge in [0.2, 0.25) is 0 Å². The highest BCUT2D eigenvalue weighted by molar-refractivity contribution is 5.69. The Kier molecular flexibility index (Phi) is 5.87. The number of ether oxygens (including phenoxy) is 2. The van der Waals surface area contributed by atoms with E-state index in [-0.39, 0.29) is 6.09 Å². The summed E-state index contributed by atoms with van der Waals surface area (Å²) < 4.78 is 10.9. The molecular weight excluding hydrogens is 268 g/mol. The van der Waals surface area contributed by atoms with Crippen LogP contribution in [0.15, 0.2) is 24.3 Å². The Morgan fingerprint density at radius 1 is 1.10 bits per heavy atom. The molecule has 0 saturated carbocycles. The van der Waals surface area contributed by atoms with Crippen molar-refractivity contribution in [2.75, 3.05) is 40.3 Å². The topological polar surface area (TPSA) is 42.0 Å². The summed E-state index contributed by atoms with van der Waals surface area (Å²) in [5.41, 5.74) is 0. The van der Waals surface area contributed by atoms with Gasteiger partial charge in [-0.05, 0) is 50.2 Å². The number of piperidine rings is 1. The van der Waals surface area contributed by atoms with E-state index in [0.717, 1.165) is 12.3 Å². The summed E-state index contributed by atoms with van der Waals surface area (Å²) in [4.78, 5) is 15.2. The summed E-state index contributed by atoms with van der Waals surface area (Å²) in [5.74, 6) is 1.33. The fourth-order valence-electron chi connectivity index (χ4n) is 2.27. The smallest absolute Gasteiger partial charge is 0.414 e. The molecule has 21 heavy (non-hydrogen) atoms. The molecule has 0 bridgehead atoms. The van der Waals surface area contributed by atoms with Gasteiger partial charge in [0, 0.05) is 20.6 Å². The normalized spacial score (nSPS) is 15.5. The fraction of sp³-hybridized carbons (Fsp3) is 0.562. The molecule has 2 rings (SSSR count). The van der Waals surface area contributed by atoms with Gasteiger partial charge in [0.1, 0.15) is 18.1 Å². The summed E-state index contributed by atoms with van der Waals surface area (Å²) in [6.45, 7) is 4.03. The van der Waals surface area contributed by atoms with Crippen LogP contribution in [0.5, 0.6) is 11.5 Å². The van der Waals surface area contributed by atoms with Crippen molar-refractivity contribution in [3.8, 4) is 11.5 Å². The summed E-state index contributed by atoms with van der Waals surface area (Å²) in [7, 11) is 3.31. The second-order valence-corrected chi connectivity index (χ2v) is 5.48. The van der Waals surface area contributed by atoms with Gasteiger partial charge < -0.3 is 14.4 Å². The zero-order chi connectivity index (χ0) is 15.1. The lowest BCUT2D eigenvalue weighted by Crippen LogP contribution is -2.33. The number of carbonyl (C=O) groups excluding carboxylic acids is 1. The lowest BCUT2D eigenvalue weighted by atomic mass is 10.1. The predicted octanol–water partition coefficient (Wildman–Crippen LogP) is 2.61. The maximum Gasteiger partial charge on any atom is 0.414 e. The lowest BCUT2D eigenvalue weighted by molar-refractivity contribution is 0.171. The fourth-order valence-corrected chi connectivity index (χ4v) is 2.27. The second-order valence-electron chi connectivity index (χ2n) is 5.48. The van der Waals surface area contributed by atoms with Crippen LogP contribution in [-0.4, -0.2) is 56.2 Å². The first-order valence-corrected chi connectivity index (χ1v) is 7.49. The number of hydrogen-bond acceptors (Lipinski definition) is 4. The summed E-state index contributed by atoms with van der Waals surface area (Å²) in [6, 6.07) is 7.15. The van der Waals surface area contributed by atoms with E-state index in [4.69, 9.17) is 9.47 Å². The number of likely N-dealkylation sites (tertiary alicyclic amines) is 1. The van der Waals surface area contributed by atoms with Crippen LogP contribution in [0, 0.1) is 0 Å². The van der Waals surface area contributed by atoms with Crippen LogP contribution in [0.1, 0.15) is 19.3 Å². The molecule has 1 amide bonds. The quantitative estimate of drug-likeness (QED) is 0.836. The van der Waals surface area contributed by atoms with E-state index in [1.165, 1.54) is 37.3 Å². The minimum Gasteiger partial charge on any atom is -0.492 e. The Morgan fingerprint density at radius 3 is 2.33 bits per heavy atom. The zero-order valence-electron chi connectivity index (χ0n) is 12.9. The first-order valence-electron chi connectivity index (χ1n) is 7.49. The van der Waals surface area contributed by atoms with Gasteiger partial charge in [-0.3, -0.25) is 4.90 Å². The molecule has 1 saturated heterocycles. The molecule has 5 heteroatoms. The standard InChI is InChI=1S/C16H24N2O3/c1-17(2)16(19)21-15-8-6-14(7-9-15)20-13-12-18-10-4-3-5-11-18/h6-9H,3-5,10-13H2,1-2H3. The van der Waals surface area contributed by atoms with E-state index in [2.05, 4.69) is 4.90 Å². The van der Waals surface area contributed by atoms with Gasteiger partial charge in [-0.15, -0.1) is 0 Å². The maximum atomic E-state index is 11.4. The SMILES string of the molecule is CN(C)C(=O)Oc1ccc(OCCN2CCCCC2)cc1. The third kappa shape index (κ3) is 5.27. The molecule has 1 aromatic carbocycles. The highest BCUT2D eigenvalue weighted by atomic mass is 16.6. The van der Waals surface area contributed by atoms with E-state index in [1.54, 1.807) is 26.2 Å². The third-order valence-electron chi connectivity index (χ3n) is 3.52. The number of carbonyl (C=O) groups is 1. The summed E-state index contributed by atoms with van der Waals surface area (Å²) in [6.07, 6.45) is 3.57. The predicted molar refractivity (Wildman–Crippen MR) is 81.9 cm³/mol. The molecule has 1 aromatic rings. The molecule has 1 aliphatic rings. The van der Waals surface area contributed by atoms with Crippen LogP contribution in [0.3, 0.4) is 0 Å². The van der Waals surface area contributed by atoms with Gasteiger partial charge in [-0.2, -0.15) is 0 Å². The molecule has 0 aliphatic carbocycles. The van der Waals surface area contributed by atoms with Gasteiger partial charge in [0.05, 0.1) is 0 Å².